The molecule has 0 saturated heterocycles. The lowest BCUT2D eigenvalue weighted by Crippen LogP contribution is -2.37. The summed E-state index contributed by atoms with van der Waals surface area (Å²) in [5.41, 5.74) is 5.39. The number of hydrogen-bond donors (Lipinski definition) is 2. The number of amides is 1. The van der Waals surface area contributed by atoms with Gasteiger partial charge in [-0.2, -0.15) is 0 Å². The average molecular weight is 198 g/mol. The number of rotatable bonds is 3. The van der Waals surface area contributed by atoms with E-state index in [0.29, 0.717) is 6.54 Å². The Morgan fingerprint density at radius 3 is 2.85 bits per heavy atom. The molecule has 0 bridgehead atoms. The van der Waals surface area contributed by atoms with Crippen LogP contribution in [0.1, 0.15) is 21.5 Å². The molecule has 1 aromatic rings. The molecule has 1 heterocycles. The Kier molecular flexibility index (Phi) is 3.45. The fourth-order valence-electron chi connectivity index (χ4n) is 0.910. The average Bonchev–Trinajstić information content (AvgIpc) is 2.51. The van der Waals surface area contributed by atoms with Gasteiger partial charge in [-0.3, -0.25) is 4.79 Å². The Labute approximate surface area is 81.9 Å². The number of thiophene rings is 1. The van der Waals surface area contributed by atoms with Crippen LogP contribution in [0.4, 0.5) is 0 Å². The van der Waals surface area contributed by atoms with Crippen LogP contribution in [-0.2, 0) is 0 Å². The van der Waals surface area contributed by atoms with E-state index in [9.17, 15) is 4.79 Å². The van der Waals surface area contributed by atoms with Crippen molar-refractivity contribution in [3.8, 4) is 0 Å². The van der Waals surface area contributed by atoms with Gasteiger partial charge in [0.2, 0.25) is 0 Å². The number of nitrogens with two attached hydrogens (primary N) is 1. The van der Waals surface area contributed by atoms with Crippen molar-refractivity contribution in [2.24, 2.45) is 5.73 Å². The molecule has 1 rings (SSSR count). The maximum Gasteiger partial charge on any atom is 0.261 e. The summed E-state index contributed by atoms with van der Waals surface area (Å²) in [6.45, 7) is 4.34. The summed E-state index contributed by atoms with van der Waals surface area (Å²) in [7, 11) is 0. The molecule has 1 amide bonds. The van der Waals surface area contributed by atoms with Gasteiger partial charge in [-0.05, 0) is 26.0 Å². The van der Waals surface area contributed by atoms with E-state index in [2.05, 4.69) is 5.32 Å². The lowest BCUT2D eigenvalue weighted by Gasteiger charge is -2.09. The highest BCUT2D eigenvalue weighted by atomic mass is 32.1. The minimum absolute atomic E-state index is 0.0314. The molecular formula is C9H14N2OS. The van der Waals surface area contributed by atoms with Gasteiger partial charge >= 0.3 is 0 Å². The molecular weight excluding hydrogens is 184 g/mol. The van der Waals surface area contributed by atoms with Crippen LogP contribution in [-0.4, -0.2) is 18.5 Å². The maximum absolute atomic E-state index is 11.5. The van der Waals surface area contributed by atoms with Crippen molar-refractivity contribution in [1.82, 2.24) is 5.32 Å². The second-order valence-corrected chi connectivity index (χ2v) is 4.31. The number of carbonyl (C=O) groups is 1. The largest absolute Gasteiger partial charge is 0.348 e. The smallest absolute Gasteiger partial charge is 0.261 e. The second-order valence-electron chi connectivity index (χ2n) is 3.02. The molecule has 13 heavy (non-hydrogen) atoms. The molecule has 0 aliphatic rings. The van der Waals surface area contributed by atoms with E-state index in [1.165, 1.54) is 11.3 Å². The number of carbonyl (C=O) groups excluding carboxylic acids is 1. The van der Waals surface area contributed by atoms with Gasteiger partial charge < -0.3 is 11.1 Å². The van der Waals surface area contributed by atoms with E-state index in [0.717, 1.165) is 9.75 Å². The molecule has 0 saturated carbocycles. The Hall–Kier alpha value is -0.870. The normalized spacial score (nSPS) is 12.5. The van der Waals surface area contributed by atoms with Gasteiger partial charge in [0.05, 0.1) is 4.88 Å². The summed E-state index contributed by atoms with van der Waals surface area (Å²) in [5, 5.41) is 2.81. The van der Waals surface area contributed by atoms with Gasteiger partial charge in [-0.1, -0.05) is 0 Å². The lowest BCUT2D eigenvalue weighted by atomic mass is 10.3. The first kappa shape index (κ1) is 10.2. The molecule has 0 aromatic carbocycles. The third kappa shape index (κ3) is 2.82. The van der Waals surface area contributed by atoms with Crippen LogP contribution in [0.5, 0.6) is 0 Å². The van der Waals surface area contributed by atoms with Crippen molar-refractivity contribution in [2.75, 3.05) is 6.54 Å². The Morgan fingerprint density at radius 1 is 1.69 bits per heavy atom. The van der Waals surface area contributed by atoms with Gasteiger partial charge in [-0.15, -0.1) is 11.3 Å². The highest BCUT2D eigenvalue weighted by Gasteiger charge is 2.09. The standard InChI is InChI=1S/C9H14N2OS/c1-6(5-10)11-9(12)8-4-3-7(2)13-8/h3-4,6H,5,10H2,1-2H3,(H,11,12)/t6-/m0/s1. The molecule has 0 spiro atoms. The Bertz CT molecular complexity index is 296. The van der Waals surface area contributed by atoms with Crippen molar-refractivity contribution in [1.29, 1.82) is 0 Å². The molecule has 4 heteroatoms. The van der Waals surface area contributed by atoms with E-state index in [1.54, 1.807) is 0 Å². The third-order valence-corrected chi connectivity index (χ3v) is 2.69. The topological polar surface area (TPSA) is 55.1 Å². The predicted octanol–water partition coefficient (Wildman–Crippen LogP) is 1.13. The molecule has 0 fully saturated rings. The molecule has 3 N–H and O–H groups in total. The molecule has 0 radical (unpaired) electrons. The van der Waals surface area contributed by atoms with Crippen molar-refractivity contribution in [3.05, 3.63) is 21.9 Å². The summed E-state index contributed by atoms with van der Waals surface area (Å²) in [6.07, 6.45) is 0. The lowest BCUT2D eigenvalue weighted by molar-refractivity contribution is 0.0945. The first-order valence-electron chi connectivity index (χ1n) is 4.21. The number of hydrogen-bond acceptors (Lipinski definition) is 3. The van der Waals surface area contributed by atoms with E-state index in [1.807, 2.05) is 26.0 Å². The zero-order chi connectivity index (χ0) is 9.84. The SMILES string of the molecule is Cc1ccc(C(=O)N[C@@H](C)CN)s1. The van der Waals surface area contributed by atoms with Crippen molar-refractivity contribution >= 4 is 17.2 Å². The molecule has 0 aliphatic carbocycles. The van der Waals surface area contributed by atoms with Gasteiger partial charge in [0, 0.05) is 17.5 Å². The van der Waals surface area contributed by atoms with Crippen LogP contribution in [0.15, 0.2) is 12.1 Å². The molecule has 0 unspecified atom stereocenters. The van der Waals surface area contributed by atoms with Crippen LogP contribution in [0.3, 0.4) is 0 Å². The number of nitrogens with one attached hydrogen (secondary N) is 1. The van der Waals surface area contributed by atoms with Crippen LogP contribution < -0.4 is 11.1 Å². The van der Waals surface area contributed by atoms with Gasteiger partial charge in [0.15, 0.2) is 0 Å². The maximum atomic E-state index is 11.5. The first-order valence-corrected chi connectivity index (χ1v) is 5.02. The minimum atomic E-state index is -0.0314. The second kappa shape index (κ2) is 4.39. The summed E-state index contributed by atoms with van der Waals surface area (Å²) < 4.78 is 0. The monoisotopic (exact) mass is 198 g/mol. The molecule has 0 aliphatic heterocycles. The fraction of sp³-hybridized carbons (Fsp3) is 0.444. The summed E-state index contributed by atoms with van der Waals surface area (Å²) in [4.78, 5) is 13.4. The zero-order valence-electron chi connectivity index (χ0n) is 7.83. The highest BCUT2D eigenvalue weighted by molar-refractivity contribution is 7.13. The van der Waals surface area contributed by atoms with Crippen LogP contribution in [0.2, 0.25) is 0 Å². The minimum Gasteiger partial charge on any atom is -0.348 e. The zero-order valence-corrected chi connectivity index (χ0v) is 8.65. The predicted molar refractivity (Wildman–Crippen MR) is 55.0 cm³/mol. The highest BCUT2D eigenvalue weighted by Crippen LogP contribution is 2.14. The summed E-state index contributed by atoms with van der Waals surface area (Å²) in [5.74, 6) is -0.0314. The fourth-order valence-corrected chi connectivity index (χ4v) is 1.68. The van der Waals surface area contributed by atoms with Gasteiger partial charge in [-0.25, -0.2) is 0 Å². The van der Waals surface area contributed by atoms with Crippen LogP contribution in [0, 0.1) is 6.92 Å². The third-order valence-electron chi connectivity index (χ3n) is 1.70. The van der Waals surface area contributed by atoms with Gasteiger partial charge in [0.25, 0.3) is 5.91 Å². The molecule has 1 atom stereocenters. The molecule has 1 aromatic heterocycles. The first-order chi connectivity index (χ1) is 6.13. The van der Waals surface area contributed by atoms with E-state index in [4.69, 9.17) is 5.73 Å². The Morgan fingerprint density at radius 2 is 2.38 bits per heavy atom. The van der Waals surface area contributed by atoms with Crippen LogP contribution in [0.25, 0.3) is 0 Å². The number of aryl methyl sites for hydroxylation is 1. The molecule has 72 valence electrons. The van der Waals surface area contributed by atoms with Crippen LogP contribution >= 0.6 is 11.3 Å². The van der Waals surface area contributed by atoms with Crippen molar-refractivity contribution in [2.45, 2.75) is 19.9 Å². The van der Waals surface area contributed by atoms with Crippen molar-refractivity contribution in [3.63, 3.8) is 0 Å². The molecule has 3 nitrogen and oxygen atoms in total. The quantitative estimate of drug-likeness (QED) is 0.765. The summed E-state index contributed by atoms with van der Waals surface area (Å²) in [6, 6.07) is 3.81. The van der Waals surface area contributed by atoms with Crippen molar-refractivity contribution < 1.29 is 4.79 Å². The van der Waals surface area contributed by atoms with Gasteiger partial charge in [0.1, 0.15) is 0 Å². The Balaban J connectivity index is 2.58. The van der Waals surface area contributed by atoms with E-state index >= 15 is 0 Å². The summed E-state index contributed by atoms with van der Waals surface area (Å²) >= 11 is 1.50. The van der Waals surface area contributed by atoms with E-state index in [-0.39, 0.29) is 11.9 Å². The van der Waals surface area contributed by atoms with E-state index < -0.39 is 0 Å².